The summed E-state index contributed by atoms with van der Waals surface area (Å²) < 4.78 is 10.9. The molecule has 1 N–H and O–H groups in total. The zero-order valence-corrected chi connectivity index (χ0v) is 12.3. The summed E-state index contributed by atoms with van der Waals surface area (Å²) in [5, 5.41) is 11.7. The minimum Gasteiger partial charge on any atom is -0.471 e. The summed E-state index contributed by atoms with van der Waals surface area (Å²) in [5.74, 6) is 0. The van der Waals surface area contributed by atoms with Crippen LogP contribution in [0.4, 0.5) is 0 Å². The van der Waals surface area contributed by atoms with Crippen LogP contribution in [-0.2, 0) is 11.2 Å². The maximum atomic E-state index is 9.45. The van der Waals surface area contributed by atoms with Crippen LogP contribution in [0.2, 0.25) is 0 Å². The van der Waals surface area contributed by atoms with Gasteiger partial charge in [0.2, 0.25) is 0 Å². The third kappa shape index (κ3) is 4.06. The fourth-order valence-electron chi connectivity index (χ4n) is 2.87. The van der Waals surface area contributed by atoms with Gasteiger partial charge in [0.1, 0.15) is 0 Å². The Hall–Kier alpha value is -1.36. The van der Waals surface area contributed by atoms with Gasteiger partial charge >= 0.3 is 0 Å². The molecule has 3 rings (SSSR count). The van der Waals surface area contributed by atoms with Crippen molar-refractivity contribution in [3.05, 3.63) is 36.3 Å². The Morgan fingerprint density at radius 3 is 3.00 bits per heavy atom. The SMILES string of the molecule is OC1CCN(CCCOCCc2ccc3cocc3c2)C1. The van der Waals surface area contributed by atoms with Crippen LogP contribution in [-0.4, -0.2) is 49.0 Å². The Morgan fingerprint density at radius 2 is 2.14 bits per heavy atom. The van der Waals surface area contributed by atoms with Crippen LogP contribution < -0.4 is 0 Å². The van der Waals surface area contributed by atoms with Gasteiger partial charge in [0, 0.05) is 37.0 Å². The molecule has 1 aromatic carbocycles. The predicted molar refractivity (Wildman–Crippen MR) is 82.4 cm³/mol. The Bertz CT molecular complexity index is 566. The maximum Gasteiger partial charge on any atom is 0.0981 e. The number of aliphatic hydroxyl groups excluding tert-OH is 1. The summed E-state index contributed by atoms with van der Waals surface area (Å²) in [4.78, 5) is 2.31. The fourth-order valence-corrected chi connectivity index (χ4v) is 2.87. The van der Waals surface area contributed by atoms with Crippen molar-refractivity contribution in [3.63, 3.8) is 0 Å². The van der Waals surface area contributed by atoms with Crippen molar-refractivity contribution in [1.82, 2.24) is 4.90 Å². The Balaban J connectivity index is 1.31. The number of ether oxygens (including phenoxy) is 1. The molecule has 1 aliphatic rings. The van der Waals surface area contributed by atoms with Crippen LogP contribution in [0, 0.1) is 0 Å². The molecule has 21 heavy (non-hydrogen) atoms. The zero-order chi connectivity index (χ0) is 14.5. The molecule has 0 radical (unpaired) electrons. The van der Waals surface area contributed by atoms with Crippen molar-refractivity contribution >= 4 is 10.8 Å². The number of aliphatic hydroxyl groups is 1. The first-order valence-corrected chi connectivity index (χ1v) is 7.74. The van der Waals surface area contributed by atoms with Crippen LogP contribution in [0.3, 0.4) is 0 Å². The van der Waals surface area contributed by atoms with Gasteiger partial charge < -0.3 is 19.2 Å². The van der Waals surface area contributed by atoms with E-state index in [1.54, 1.807) is 12.5 Å². The molecule has 0 spiro atoms. The lowest BCUT2D eigenvalue weighted by molar-refractivity contribution is 0.122. The lowest BCUT2D eigenvalue weighted by Crippen LogP contribution is -2.24. The molecule has 0 saturated carbocycles. The van der Waals surface area contributed by atoms with Gasteiger partial charge in [0.05, 0.1) is 25.2 Å². The van der Waals surface area contributed by atoms with Crippen LogP contribution in [0.5, 0.6) is 0 Å². The van der Waals surface area contributed by atoms with E-state index in [4.69, 9.17) is 9.15 Å². The predicted octanol–water partition coefficient (Wildman–Crippen LogP) is 2.45. The molecule has 1 aromatic heterocycles. The molecule has 1 saturated heterocycles. The van der Waals surface area contributed by atoms with Gasteiger partial charge in [-0.25, -0.2) is 0 Å². The second kappa shape index (κ2) is 7.07. The molecule has 1 unspecified atom stereocenters. The normalized spacial score (nSPS) is 19.6. The van der Waals surface area contributed by atoms with Crippen molar-refractivity contribution in [2.75, 3.05) is 32.8 Å². The Labute approximate surface area is 125 Å². The maximum absolute atomic E-state index is 9.45. The van der Waals surface area contributed by atoms with Crippen molar-refractivity contribution in [2.24, 2.45) is 0 Å². The van der Waals surface area contributed by atoms with E-state index in [1.807, 2.05) is 0 Å². The number of hydrogen-bond donors (Lipinski definition) is 1. The number of benzene rings is 1. The average molecular weight is 289 g/mol. The highest BCUT2D eigenvalue weighted by atomic mass is 16.5. The number of hydrogen-bond acceptors (Lipinski definition) is 4. The van der Waals surface area contributed by atoms with Crippen molar-refractivity contribution in [3.8, 4) is 0 Å². The zero-order valence-electron chi connectivity index (χ0n) is 12.3. The molecule has 1 fully saturated rings. The van der Waals surface area contributed by atoms with Crippen molar-refractivity contribution in [2.45, 2.75) is 25.4 Å². The molecule has 0 aliphatic carbocycles. The Morgan fingerprint density at radius 1 is 1.24 bits per heavy atom. The number of fused-ring (bicyclic) bond motifs is 1. The van der Waals surface area contributed by atoms with E-state index in [-0.39, 0.29) is 6.10 Å². The van der Waals surface area contributed by atoms with E-state index in [0.717, 1.165) is 62.9 Å². The summed E-state index contributed by atoms with van der Waals surface area (Å²) in [5.41, 5.74) is 1.28. The third-order valence-corrected chi connectivity index (χ3v) is 4.09. The first kappa shape index (κ1) is 14.6. The lowest BCUT2D eigenvalue weighted by Gasteiger charge is -2.14. The van der Waals surface area contributed by atoms with Crippen molar-refractivity contribution in [1.29, 1.82) is 0 Å². The number of likely N-dealkylation sites (tertiary alicyclic amines) is 1. The van der Waals surface area contributed by atoms with Crippen LogP contribution >= 0.6 is 0 Å². The minimum atomic E-state index is -0.122. The van der Waals surface area contributed by atoms with E-state index < -0.39 is 0 Å². The van der Waals surface area contributed by atoms with E-state index in [9.17, 15) is 5.11 Å². The highest BCUT2D eigenvalue weighted by molar-refractivity contribution is 5.81. The average Bonchev–Trinajstić information content (AvgIpc) is 3.11. The quantitative estimate of drug-likeness (QED) is 0.795. The highest BCUT2D eigenvalue weighted by Crippen LogP contribution is 2.17. The number of rotatable bonds is 7. The summed E-state index contributed by atoms with van der Waals surface area (Å²) in [6.07, 6.45) is 6.31. The molecular formula is C17H23NO3. The molecule has 0 bridgehead atoms. The fraction of sp³-hybridized carbons (Fsp3) is 0.529. The molecule has 2 aromatic rings. The summed E-state index contributed by atoms with van der Waals surface area (Å²) in [6.45, 7) is 4.42. The molecule has 0 amide bonds. The molecule has 1 aliphatic heterocycles. The summed E-state index contributed by atoms with van der Waals surface area (Å²) in [7, 11) is 0. The lowest BCUT2D eigenvalue weighted by atomic mass is 10.1. The molecular weight excluding hydrogens is 266 g/mol. The minimum absolute atomic E-state index is 0.122. The number of furan rings is 1. The molecule has 1 atom stereocenters. The summed E-state index contributed by atoms with van der Waals surface area (Å²) in [6, 6.07) is 6.38. The Kier molecular flexibility index (Phi) is 4.91. The summed E-state index contributed by atoms with van der Waals surface area (Å²) >= 11 is 0. The molecule has 114 valence electrons. The first-order valence-electron chi connectivity index (χ1n) is 7.74. The molecule has 4 heteroatoms. The monoisotopic (exact) mass is 289 g/mol. The van der Waals surface area contributed by atoms with Gasteiger partial charge in [-0.15, -0.1) is 0 Å². The standard InChI is InChI=1S/C17H23NO3/c19-17-4-7-18(11-17)6-1-8-20-9-5-14-2-3-15-12-21-13-16(15)10-14/h2-3,10,12-13,17,19H,1,4-9,11H2. The van der Waals surface area contributed by atoms with Crippen molar-refractivity contribution < 1.29 is 14.3 Å². The number of β-amino-alcohol motifs (C(OH)–C–C–N with tert-alkyl or cyclic N) is 1. The number of nitrogens with zero attached hydrogens (tertiary/aromatic N) is 1. The van der Waals surface area contributed by atoms with Crippen LogP contribution in [0.1, 0.15) is 18.4 Å². The van der Waals surface area contributed by atoms with E-state index >= 15 is 0 Å². The largest absolute Gasteiger partial charge is 0.471 e. The van der Waals surface area contributed by atoms with Gasteiger partial charge in [-0.05, 0) is 30.9 Å². The van der Waals surface area contributed by atoms with Gasteiger partial charge in [-0.2, -0.15) is 0 Å². The van der Waals surface area contributed by atoms with Gasteiger partial charge in [-0.3, -0.25) is 0 Å². The van der Waals surface area contributed by atoms with E-state index in [0.29, 0.717) is 0 Å². The van der Waals surface area contributed by atoms with Gasteiger partial charge in [0.25, 0.3) is 0 Å². The molecule has 2 heterocycles. The van der Waals surface area contributed by atoms with E-state index in [2.05, 4.69) is 23.1 Å². The first-order chi connectivity index (χ1) is 10.3. The second-order valence-electron chi connectivity index (χ2n) is 5.79. The highest BCUT2D eigenvalue weighted by Gasteiger charge is 2.18. The van der Waals surface area contributed by atoms with E-state index in [1.165, 1.54) is 5.56 Å². The van der Waals surface area contributed by atoms with Gasteiger partial charge in [0.15, 0.2) is 0 Å². The smallest absolute Gasteiger partial charge is 0.0981 e. The molecule has 4 nitrogen and oxygen atoms in total. The second-order valence-corrected chi connectivity index (χ2v) is 5.79. The van der Waals surface area contributed by atoms with Gasteiger partial charge in [-0.1, -0.05) is 12.1 Å². The third-order valence-electron chi connectivity index (χ3n) is 4.09. The van der Waals surface area contributed by atoms with Crippen LogP contribution in [0.25, 0.3) is 10.8 Å². The topological polar surface area (TPSA) is 45.8 Å². The van der Waals surface area contributed by atoms with Crippen LogP contribution in [0.15, 0.2) is 35.1 Å².